The van der Waals surface area contributed by atoms with Crippen LogP contribution in [0.5, 0.6) is 0 Å². The molecule has 334 valence electrons. The van der Waals surface area contributed by atoms with Crippen molar-refractivity contribution in [1.82, 2.24) is 9.80 Å². The molecule has 0 bridgehead atoms. The second-order valence-electron chi connectivity index (χ2n) is 17.3. The summed E-state index contributed by atoms with van der Waals surface area (Å²) in [6.07, 6.45) is 41.6. The molecule has 6 nitrogen and oxygen atoms in total. The van der Waals surface area contributed by atoms with Gasteiger partial charge < -0.3 is 19.3 Å². The molecular formula is C50H100N2O4. The first kappa shape index (κ1) is 54.9. The lowest BCUT2D eigenvalue weighted by Crippen LogP contribution is -2.37. The van der Waals surface area contributed by atoms with Crippen molar-refractivity contribution < 1.29 is 19.1 Å². The van der Waals surface area contributed by atoms with Crippen molar-refractivity contribution in [3.05, 3.63) is 0 Å². The first-order chi connectivity index (χ1) is 27.5. The van der Waals surface area contributed by atoms with Crippen molar-refractivity contribution in [3.8, 4) is 0 Å². The Morgan fingerprint density at radius 2 is 0.714 bits per heavy atom. The number of esters is 2. The van der Waals surface area contributed by atoms with Crippen LogP contribution >= 0.6 is 0 Å². The van der Waals surface area contributed by atoms with E-state index in [0.717, 1.165) is 51.5 Å². The molecule has 0 aliphatic heterocycles. The minimum Gasteiger partial charge on any atom is -0.466 e. The number of hydrogen-bond donors (Lipinski definition) is 0. The lowest BCUT2D eigenvalue weighted by atomic mass is 10.0. The zero-order valence-electron chi connectivity index (χ0n) is 38.8. The Bertz CT molecular complexity index is 786. The molecule has 6 heteroatoms. The summed E-state index contributed by atoms with van der Waals surface area (Å²) >= 11 is 0. The summed E-state index contributed by atoms with van der Waals surface area (Å²) in [6.45, 7) is 19.1. The van der Waals surface area contributed by atoms with E-state index in [2.05, 4.69) is 44.4 Å². The second kappa shape index (κ2) is 45.0. The number of hydrogen-bond acceptors (Lipinski definition) is 6. The van der Waals surface area contributed by atoms with Crippen LogP contribution in [0.3, 0.4) is 0 Å². The molecule has 0 fully saturated rings. The lowest BCUT2D eigenvalue weighted by Gasteiger charge is -2.27. The van der Waals surface area contributed by atoms with E-state index >= 15 is 0 Å². The maximum atomic E-state index is 12.8. The molecule has 0 unspecified atom stereocenters. The highest BCUT2D eigenvalue weighted by atomic mass is 16.5. The SMILES string of the molecule is CCCCCCCCCOC(=O)CCCCCCCN(CCCCCCCC(=O)OC(CCCCCCCC)CCCCCCCC)CCN(CCC)CCC. The Kier molecular flexibility index (Phi) is 44.0. The Morgan fingerprint density at radius 1 is 0.357 bits per heavy atom. The standard InChI is InChI=1S/C50H100N2O4/c1-6-11-14-17-20-29-36-47-55-49(53)39-32-25-21-27-34-43-52(46-45-51(41-9-4)42-10-5)44-35-28-22-26-33-40-50(54)56-48(37-30-23-18-15-12-7-2)38-31-24-19-16-13-8-3/h48H,6-47H2,1-5H3. The summed E-state index contributed by atoms with van der Waals surface area (Å²) in [5.41, 5.74) is 0. The van der Waals surface area contributed by atoms with Crippen LogP contribution in [0, 0.1) is 0 Å². The van der Waals surface area contributed by atoms with Crippen LogP contribution in [0.4, 0.5) is 0 Å². The fourth-order valence-electron chi connectivity index (χ4n) is 7.99. The van der Waals surface area contributed by atoms with Crippen LogP contribution < -0.4 is 0 Å². The summed E-state index contributed by atoms with van der Waals surface area (Å²) in [6, 6.07) is 0. The molecule has 0 aromatic carbocycles. The molecule has 0 rings (SSSR count). The fourth-order valence-corrected chi connectivity index (χ4v) is 7.99. The molecule has 0 aromatic heterocycles. The highest BCUT2D eigenvalue weighted by Gasteiger charge is 2.15. The zero-order valence-corrected chi connectivity index (χ0v) is 38.8. The number of carbonyl (C=O) groups is 2. The van der Waals surface area contributed by atoms with Gasteiger partial charge in [-0.15, -0.1) is 0 Å². The highest BCUT2D eigenvalue weighted by Crippen LogP contribution is 2.19. The van der Waals surface area contributed by atoms with E-state index in [1.165, 1.54) is 200 Å². The van der Waals surface area contributed by atoms with Gasteiger partial charge in [0.05, 0.1) is 6.61 Å². The lowest BCUT2D eigenvalue weighted by molar-refractivity contribution is -0.150. The molecule has 56 heavy (non-hydrogen) atoms. The summed E-state index contributed by atoms with van der Waals surface area (Å²) in [4.78, 5) is 30.3. The monoisotopic (exact) mass is 793 g/mol. The van der Waals surface area contributed by atoms with Crippen LogP contribution in [-0.4, -0.2) is 73.7 Å². The van der Waals surface area contributed by atoms with Gasteiger partial charge in [-0.25, -0.2) is 0 Å². The summed E-state index contributed by atoms with van der Waals surface area (Å²) in [5, 5.41) is 0. The van der Waals surface area contributed by atoms with Gasteiger partial charge in [0.25, 0.3) is 0 Å². The molecule has 0 aliphatic rings. The number of nitrogens with zero attached hydrogens (tertiary/aromatic N) is 2. The third-order valence-electron chi connectivity index (χ3n) is 11.6. The average Bonchev–Trinajstić information content (AvgIpc) is 3.19. The number of unbranched alkanes of at least 4 members (excludes halogenated alkanes) is 24. The normalized spacial score (nSPS) is 11.7. The molecule has 0 aromatic rings. The van der Waals surface area contributed by atoms with Crippen molar-refractivity contribution in [2.75, 3.05) is 45.9 Å². The Morgan fingerprint density at radius 3 is 1.16 bits per heavy atom. The van der Waals surface area contributed by atoms with E-state index in [4.69, 9.17) is 9.47 Å². The van der Waals surface area contributed by atoms with Crippen molar-refractivity contribution >= 4 is 11.9 Å². The fraction of sp³-hybridized carbons (Fsp3) is 0.960. The van der Waals surface area contributed by atoms with Gasteiger partial charge in [0, 0.05) is 25.9 Å². The van der Waals surface area contributed by atoms with Gasteiger partial charge in [-0.05, 0) is 96.8 Å². The third kappa shape index (κ3) is 39.7. The van der Waals surface area contributed by atoms with Gasteiger partial charge in [-0.3, -0.25) is 9.59 Å². The number of ether oxygens (including phenoxy) is 2. The quantitative estimate of drug-likeness (QED) is 0.0452. The van der Waals surface area contributed by atoms with E-state index in [1.807, 2.05) is 0 Å². The van der Waals surface area contributed by atoms with Crippen LogP contribution in [-0.2, 0) is 19.1 Å². The Labute approximate surface area is 351 Å². The molecule has 0 radical (unpaired) electrons. The molecule has 0 saturated carbocycles. The number of carbonyl (C=O) groups excluding carboxylic acids is 2. The van der Waals surface area contributed by atoms with E-state index in [1.54, 1.807) is 0 Å². The van der Waals surface area contributed by atoms with Crippen LogP contribution in [0.25, 0.3) is 0 Å². The Balaban J connectivity index is 4.40. The molecule has 0 amide bonds. The highest BCUT2D eigenvalue weighted by molar-refractivity contribution is 5.69. The van der Waals surface area contributed by atoms with Gasteiger partial charge in [0.1, 0.15) is 6.10 Å². The van der Waals surface area contributed by atoms with Crippen molar-refractivity contribution in [3.63, 3.8) is 0 Å². The molecule has 0 atom stereocenters. The first-order valence-corrected chi connectivity index (χ1v) is 25.3. The average molecular weight is 793 g/mol. The predicted octanol–water partition coefficient (Wildman–Crippen LogP) is 14.8. The predicted molar refractivity (Wildman–Crippen MR) is 244 cm³/mol. The number of rotatable bonds is 46. The summed E-state index contributed by atoms with van der Waals surface area (Å²) in [7, 11) is 0. The van der Waals surface area contributed by atoms with Gasteiger partial charge in [-0.2, -0.15) is 0 Å². The summed E-state index contributed by atoms with van der Waals surface area (Å²) in [5.74, 6) is 0.0395. The van der Waals surface area contributed by atoms with Crippen molar-refractivity contribution in [2.24, 2.45) is 0 Å². The smallest absolute Gasteiger partial charge is 0.306 e. The topological polar surface area (TPSA) is 59.1 Å². The summed E-state index contributed by atoms with van der Waals surface area (Å²) < 4.78 is 11.6. The zero-order chi connectivity index (χ0) is 41.0. The molecule has 0 spiro atoms. The van der Waals surface area contributed by atoms with Gasteiger partial charge in [0.2, 0.25) is 0 Å². The maximum Gasteiger partial charge on any atom is 0.306 e. The van der Waals surface area contributed by atoms with E-state index < -0.39 is 0 Å². The van der Waals surface area contributed by atoms with Gasteiger partial charge in [0.15, 0.2) is 0 Å². The van der Waals surface area contributed by atoms with E-state index in [0.29, 0.717) is 19.4 Å². The van der Waals surface area contributed by atoms with Crippen LogP contribution in [0.2, 0.25) is 0 Å². The minimum atomic E-state index is -0.00273. The third-order valence-corrected chi connectivity index (χ3v) is 11.6. The van der Waals surface area contributed by atoms with Crippen molar-refractivity contribution in [2.45, 2.75) is 265 Å². The van der Waals surface area contributed by atoms with Crippen LogP contribution in [0.1, 0.15) is 259 Å². The molecule has 0 heterocycles. The molecular weight excluding hydrogens is 693 g/mol. The van der Waals surface area contributed by atoms with Crippen molar-refractivity contribution in [1.29, 1.82) is 0 Å². The minimum absolute atomic E-state index is 0.00273. The molecule has 0 saturated heterocycles. The molecule has 0 aliphatic carbocycles. The second-order valence-corrected chi connectivity index (χ2v) is 17.3. The van der Waals surface area contributed by atoms with E-state index in [9.17, 15) is 9.59 Å². The molecule has 0 N–H and O–H groups in total. The van der Waals surface area contributed by atoms with Gasteiger partial charge >= 0.3 is 11.9 Å². The maximum absolute atomic E-state index is 12.8. The largest absolute Gasteiger partial charge is 0.466 e. The van der Waals surface area contributed by atoms with Crippen LogP contribution in [0.15, 0.2) is 0 Å². The first-order valence-electron chi connectivity index (χ1n) is 25.3. The van der Waals surface area contributed by atoms with Gasteiger partial charge in [-0.1, -0.05) is 176 Å². The van der Waals surface area contributed by atoms with E-state index in [-0.39, 0.29) is 18.0 Å². The Hall–Kier alpha value is -1.14.